The van der Waals surface area contributed by atoms with Crippen LogP contribution in [0.1, 0.15) is 5.56 Å². The maximum Gasteiger partial charge on any atom is 3.00 e. The minimum absolute atomic E-state index is 0. The Hall–Kier alpha value is -3.26. The molecular formula is C28H22IrN2+. The number of hydrogen-bond acceptors (Lipinski definition) is 1. The van der Waals surface area contributed by atoms with Crippen LogP contribution in [-0.4, -0.2) is 4.98 Å². The summed E-state index contributed by atoms with van der Waals surface area (Å²) in [6, 6.07) is 36.7. The standard InChI is InChI=1S/C16H12N.C12H10N.Ir/c1-17-12-11-13-7-5-6-10-15(13)16(17)14-8-3-2-4-9-14;1-10-7-8-12(13-9-10)11-5-3-2-4-6-11;/h2-8,10-12H,1H2;2-5,7-9H,1H3;/q2*-1;+3. The van der Waals surface area contributed by atoms with Crippen LogP contribution < -0.4 is 4.57 Å². The first kappa shape index (κ1) is 22.4. The molecule has 0 aliphatic carbocycles. The van der Waals surface area contributed by atoms with E-state index < -0.39 is 0 Å². The summed E-state index contributed by atoms with van der Waals surface area (Å²) in [5.74, 6) is 0. The molecule has 3 aromatic carbocycles. The Morgan fingerprint density at radius 1 is 0.774 bits per heavy atom. The summed E-state index contributed by atoms with van der Waals surface area (Å²) in [6.07, 6.45) is 3.86. The van der Waals surface area contributed by atoms with Crippen molar-refractivity contribution in [2.45, 2.75) is 6.92 Å². The van der Waals surface area contributed by atoms with Gasteiger partial charge in [-0.05, 0) is 29.6 Å². The van der Waals surface area contributed by atoms with Crippen molar-refractivity contribution in [1.29, 1.82) is 0 Å². The van der Waals surface area contributed by atoms with Crippen molar-refractivity contribution < 1.29 is 24.7 Å². The third-order valence-electron chi connectivity index (χ3n) is 4.80. The number of fused-ring (bicyclic) bond motifs is 1. The predicted molar refractivity (Wildman–Crippen MR) is 122 cm³/mol. The molecule has 0 aliphatic heterocycles. The van der Waals surface area contributed by atoms with Gasteiger partial charge in [-0.2, -0.15) is 0 Å². The zero-order valence-corrected chi connectivity index (χ0v) is 19.6. The molecule has 0 atom stereocenters. The molecule has 0 radical (unpaired) electrons. The van der Waals surface area contributed by atoms with E-state index >= 15 is 0 Å². The molecule has 2 nitrogen and oxygen atoms in total. The Labute approximate surface area is 197 Å². The number of nitrogens with zero attached hydrogens (tertiary/aromatic N) is 2. The number of aryl methyl sites for hydroxylation is 1. The van der Waals surface area contributed by atoms with Crippen LogP contribution in [0.25, 0.3) is 33.3 Å². The maximum atomic E-state index is 4.32. The van der Waals surface area contributed by atoms with E-state index in [0.717, 1.165) is 22.5 Å². The molecule has 0 saturated heterocycles. The molecule has 2 heterocycles. The average Bonchev–Trinajstić information content (AvgIpc) is 2.81. The molecule has 3 heteroatoms. The van der Waals surface area contributed by atoms with Gasteiger partial charge in [0.1, 0.15) is 5.69 Å². The van der Waals surface area contributed by atoms with Crippen LogP contribution in [0.2, 0.25) is 0 Å². The molecular weight excluding hydrogens is 557 g/mol. The van der Waals surface area contributed by atoms with E-state index in [-0.39, 0.29) is 20.1 Å². The van der Waals surface area contributed by atoms with Crippen molar-refractivity contribution in [3.05, 3.63) is 128 Å². The Balaban J connectivity index is 0.000000176. The maximum absolute atomic E-state index is 4.32. The van der Waals surface area contributed by atoms with E-state index in [1.165, 1.54) is 16.3 Å². The number of pyridine rings is 2. The van der Waals surface area contributed by atoms with Gasteiger partial charge in [0, 0.05) is 18.6 Å². The normalized spacial score (nSPS) is 9.97. The molecule has 0 aliphatic rings. The fourth-order valence-corrected chi connectivity index (χ4v) is 3.28. The molecule has 0 N–H and O–H groups in total. The topological polar surface area (TPSA) is 16.8 Å². The molecule has 0 spiro atoms. The molecule has 0 amide bonds. The van der Waals surface area contributed by atoms with E-state index in [9.17, 15) is 0 Å². The van der Waals surface area contributed by atoms with Gasteiger partial charge in [0.05, 0.1) is 6.20 Å². The van der Waals surface area contributed by atoms with Gasteiger partial charge in [0.15, 0.2) is 0 Å². The van der Waals surface area contributed by atoms with Gasteiger partial charge >= 0.3 is 20.1 Å². The van der Waals surface area contributed by atoms with E-state index in [2.05, 4.69) is 60.6 Å². The smallest absolute Gasteiger partial charge is 0.320 e. The Morgan fingerprint density at radius 2 is 1.45 bits per heavy atom. The van der Waals surface area contributed by atoms with Crippen molar-refractivity contribution in [3.63, 3.8) is 0 Å². The second-order valence-electron chi connectivity index (χ2n) is 6.99. The summed E-state index contributed by atoms with van der Waals surface area (Å²) >= 11 is 0. The minimum Gasteiger partial charge on any atom is -0.320 e. The first-order valence-electron chi connectivity index (χ1n) is 9.83. The van der Waals surface area contributed by atoms with Gasteiger partial charge in [-0.15, -0.1) is 66.2 Å². The van der Waals surface area contributed by atoms with E-state index in [0.29, 0.717) is 0 Å². The summed E-state index contributed by atoms with van der Waals surface area (Å²) < 4.78 is 1.90. The van der Waals surface area contributed by atoms with Crippen LogP contribution in [0.15, 0.2) is 103 Å². The zero-order valence-electron chi connectivity index (χ0n) is 17.2. The minimum atomic E-state index is 0. The largest absolute Gasteiger partial charge is 3.00 e. The first-order chi connectivity index (χ1) is 14.7. The average molecular weight is 579 g/mol. The summed E-state index contributed by atoms with van der Waals surface area (Å²) in [7, 11) is 4.04. The summed E-state index contributed by atoms with van der Waals surface area (Å²) in [4.78, 5) is 4.32. The zero-order chi connectivity index (χ0) is 20.8. The number of rotatable bonds is 2. The summed E-state index contributed by atoms with van der Waals surface area (Å²) in [5.41, 5.74) is 5.37. The Morgan fingerprint density at radius 3 is 2.10 bits per heavy atom. The summed E-state index contributed by atoms with van der Waals surface area (Å²) in [6.45, 7) is 2.03. The van der Waals surface area contributed by atoms with Gasteiger partial charge in [-0.1, -0.05) is 42.0 Å². The fraction of sp³-hybridized carbons (Fsp3) is 0.0357. The third kappa shape index (κ3) is 5.46. The fourth-order valence-electron chi connectivity index (χ4n) is 3.28. The molecule has 152 valence electrons. The van der Waals surface area contributed by atoms with Gasteiger partial charge in [0.2, 0.25) is 0 Å². The van der Waals surface area contributed by atoms with Gasteiger partial charge in [-0.3, -0.25) is 0 Å². The third-order valence-corrected chi connectivity index (χ3v) is 4.80. The van der Waals surface area contributed by atoms with Crippen LogP contribution in [-0.2, 0) is 20.1 Å². The second-order valence-corrected chi connectivity index (χ2v) is 6.99. The van der Waals surface area contributed by atoms with Crippen LogP contribution >= 0.6 is 0 Å². The van der Waals surface area contributed by atoms with Crippen LogP contribution in [0.5, 0.6) is 0 Å². The number of hydrogen-bond donors (Lipinski definition) is 0. The predicted octanol–water partition coefficient (Wildman–Crippen LogP) is 6.09. The molecule has 0 unspecified atom stereocenters. The van der Waals surface area contributed by atoms with Crippen LogP contribution in [0.4, 0.5) is 0 Å². The second kappa shape index (κ2) is 10.7. The Bertz CT molecular complexity index is 1230. The molecule has 2 aromatic heterocycles. The monoisotopic (exact) mass is 579 g/mol. The van der Waals surface area contributed by atoms with Gasteiger partial charge in [0.25, 0.3) is 0 Å². The molecule has 31 heavy (non-hydrogen) atoms. The summed E-state index contributed by atoms with van der Waals surface area (Å²) in [5, 5.41) is 2.42. The van der Waals surface area contributed by atoms with Crippen LogP contribution in [0, 0.1) is 26.1 Å². The van der Waals surface area contributed by atoms with E-state index in [1.807, 2.05) is 78.5 Å². The Kier molecular flexibility index (Phi) is 7.72. The quantitative estimate of drug-likeness (QED) is 0.183. The van der Waals surface area contributed by atoms with Crippen molar-refractivity contribution >= 4 is 10.8 Å². The molecule has 5 aromatic rings. The molecule has 0 fully saturated rings. The molecule has 0 saturated carbocycles. The van der Waals surface area contributed by atoms with Crippen molar-refractivity contribution in [1.82, 2.24) is 4.98 Å². The first-order valence-corrected chi connectivity index (χ1v) is 9.83. The van der Waals surface area contributed by atoms with Crippen molar-refractivity contribution in [3.8, 4) is 22.5 Å². The van der Waals surface area contributed by atoms with Gasteiger partial charge < -0.3 is 9.55 Å². The SMILES string of the molecule is Cc1ccc(-c2[c-]cccc2)nc1.[CH2-][n+]1ccc2ccccc2c1-c1[c-]cccc1.[Ir+3]. The molecule has 0 bridgehead atoms. The van der Waals surface area contributed by atoms with Gasteiger partial charge in [-0.25, -0.2) is 0 Å². The van der Waals surface area contributed by atoms with E-state index in [1.54, 1.807) is 0 Å². The van der Waals surface area contributed by atoms with Crippen LogP contribution in [0.3, 0.4) is 0 Å². The molecule has 5 rings (SSSR count). The van der Waals surface area contributed by atoms with E-state index in [4.69, 9.17) is 0 Å². The van der Waals surface area contributed by atoms with Crippen molar-refractivity contribution in [2.75, 3.05) is 0 Å². The number of aromatic nitrogens is 2. The van der Waals surface area contributed by atoms with Crippen molar-refractivity contribution in [2.24, 2.45) is 0 Å². The number of benzene rings is 3.